The Morgan fingerprint density at radius 3 is 2.10 bits per heavy atom. The second kappa shape index (κ2) is 22.3. The molecule has 1 fully saturated rings. The third-order valence-electron chi connectivity index (χ3n) is 11.9. The van der Waals surface area contributed by atoms with Crippen LogP contribution in [0.4, 0.5) is 8.78 Å². The van der Waals surface area contributed by atoms with Gasteiger partial charge in [0.25, 0.3) is 0 Å². The molecule has 0 spiro atoms. The highest BCUT2D eigenvalue weighted by Gasteiger charge is 2.40. The number of likely N-dealkylation sites (N-methyl/N-ethyl adjacent to an activating group) is 2. The minimum absolute atomic E-state index is 0.107. The number of fused-ring (bicyclic) bond motifs is 2. The Labute approximate surface area is 367 Å². The predicted molar refractivity (Wildman–Crippen MR) is 237 cm³/mol. The molecule has 2 aromatic heterocycles. The number of nitrogens with one attached hydrogen (secondary N) is 6. The molecule has 1 saturated heterocycles. The molecule has 1 aliphatic heterocycles. The molecule has 5 rings (SSSR count). The van der Waals surface area contributed by atoms with Gasteiger partial charge in [0.2, 0.25) is 11.8 Å². The molecule has 7 atom stereocenters. The summed E-state index contributed by atoms with van der Waals surface area (Å²) in [7, 11) is 3.50. The van der Waals surface area contributed by atoms with E-state index in [1.165, 1.54) is 38.1 Å². The zero-order valence-corrected chi connectivity index (χ0v) is 37.6. The predicted octanol–water partition coefficient (Wildman–Crippen LogP) is 4.16. The van der Waals surface area contributed by atoms with Gasteiger partial charge in [-0.05, 0) is 120 Å². The summed E-state index contributed by atoms with van der Waals surface area (Å²) >= 11 is 0. The van der Waals surface area contributed by atoms with E-state index in [-0.39, 0.29) is 30.9 Å². The molecule has 17 heteroatoms. The lowest BCUT2D eigenvalue weighted by atomic mass is 9.95. The second-order valence-corrected chi connectivity index (χ2v) is 16.5. The first-order chi connectivity index (χ1) is 30.1. The molecule has 2 unspecified atom stereocenters. The summed E-state index contributed by atoms with van der Waals surface area (Å²) in [6.45, 7) is 10.7. The summed E-state index contributed by atoms with van der Waals surface area (Å²) in [4.78, 5) is 64.0. The average molecular weight is 878 g/mol. The highest BCUT2D eigenvalue weighted by molar-refractivity contribution is 5.96. The number of aromatic nitrogens is 2. The molecule has 0 aliphatic carbocycles. The van der Waals surface area contributed by atoms with Gasteiger partial charge in [-0.3, -0.25) is 24.2 Å². The summed E-state index contributed by atoms with van der Waals surface area (Å²) in [6, 6.07) is 6.89. The number of likely N-dealkylation sites (tertiary alicyclic amines) is 1. The van der Waals surface area contributed by atoms with Crippen LogP contribution in [0.3, 0.4) is 0 Å². The Hall–Kier alpha value is -5.39. The molecule has 1 aliphatic rings. The molecule has 15 nitrogen and oxygen atoms in total. The van der Waals surface area contributed by atoms with Gasteiger partial charge >= 0.3 is 11.9 Å². The number of aliphatic imine (C=N–C) groups is 1. The van der Waals surface area contributed by atoms with Crippen molar-refractivity contribution in [2.75, 3.05) is 33.7 Å². The number of carbonyl (C=O) groups excluding carboxylic acids is 4. The SMILES string of the molecule is CCC(NC[C@H](C)NC)C(=O)N1C[C@@H](OC(C)=O)C[C@H]1Cc1c(-c2[nH]c3cc(F)ccc3c2CCCC(CN=C([O-])[C@H](CC)NC(=O)[C@H](C)NC)OC(C)=O)[nH]c2cc(F)ccc12. The smallest absolute Gasteiger partial charge is 0.302 e. The van der Waals surface area contributed by atoms with E-state index in [2.05, 4.69) is 36.2 Å². The van der Waals surface area contributed by atoms with Crippen molar-refractivity contribution in [3.05, 3.63) is 59.2 Å². The molecule has 0 bridgehead atoms. The van der Waals surface area contributed by atoms with E-state index in [0.717, 1.165) is 21.9 Å². The fourth-order valence-electron chi connectivity index (χ4n) is 8.27. The first kappa shape index (κ1) is 48.6. The first-order valence-electron chi connectivity index (χ1n) is 21.9. The monoisotopic (exact) mass is 877 g/mol. The van der Waals surface area contributed by atoms with Crippen LogP contribution in [0.2, 0.25) is 0 Å². The lowest BCUT2D eigenvalue weighted by Gasteiger charge is -2.29. The van der Waals surface area contributed by atoms with Gasteiger partial charge in [-0.15, -0.1) is 0 Å². The summed E-state index contributed by atoms with van der Waals surface area (Å²) in [5.41, 5.74) is 3.97. The van der Waals surface area contributed by atoms with Crippen LogP contribution >= 0.6 is 0 Å². The summed E-state index contributed by atoms with van der Waals surface area (Å²) in [5, 5.41) is 26.7. The molecule has 0 saturated carbocycles. The number of esters is 2. The molecule has 4 aromatic rings. The molecule has 344 valence electrons. The molecule has 2 aromatic carbocycles. The number of halogens is 2. The van der Waals surface area contributed by atoms with E-state index in [4.69, 9.17) is 9.47 Å². The standard InChI is InChI=1S/C46H64F2N8O7/c1-9-38(55-44(59)26(4)50-8)45(60)52-23-32(62-27(5)57)12-11-13-36-34-16-14-29(47)18-40(34)53-42(36)43-37(35-17-15-30(48)19-41(35)54-43)21-31-20-33(63-28(6)58)24-56(31)46(61)39(10-2)51-22-25(3)49-7/h14-19,25-26,31-33,38-39,49-51,53-54H,9-13,20-24H2,1-8H3,(H,52,60)(H,55,59)/p-1/t25-,26-,31-,32?,33-,38-,39?/m0/s1. The van der Waals surface area contributed by atoms with Crippen molar-refractivity contribution >= 4 is 51.5 Å². The number of amides is 2. The van der Waals surface area contributed by atoms with Gasteiger partial charge < -0.3 is 50.7 Å². The van der Waals surface area contributed by atoms with Crippen LogP contribution in [-0.2, 0) is 41.5 Å². The maximum absolute atomic E-state index is 14.8. The Morgan fingerprint density at radius 2 is 1.52 bits per heavy atom. The van der Waals surface area contributed by atoms with E-state index < -0.39 is 65.8 Å². The van der Waals surface area contributed by atoms with Crippen LogP contribution in [0.1, 0.15) is 84.8 Å². The van der Waals surface area contributed by atoms with Crippen LogP contribution in [0.15, 0.2) is 41.4 Å². The third-order valence-corrected chi connectivity index (χ3v) is 11.9. The summed E-state index contributed by atoms with van der Waals surface area (Å²) in [6.07, 6.45) is 1.52. The minimum atomic E-state index is -0.835. The number of aromatic amines is 2. The number of benzene rings is 2. The van der Waals surface area contributed by atoms with E-state index in [0.29, 0.717) is 73.9 Å². The van der Waals surface area contributed by atoms with Gasteiger partial charge in [-0.2, -0.15) is 0 Å². The minimum Gasteiger partial charge on any atom is -0.861 e. The van der Waals surface area contributed by atoms with Crippen LogP contribution in [0, 0.1) is 11.6 Å². The number of rotatable bonds is 22. The average Bonchev–Trinajstić information content (AvgIpc) is 3.92. The zero-order chi connectivity index (χ0) is 46.0. The van der Waals surface area contributed by atoms with Crippen molar-refractivity contribution in [3.63, 3.8) is 0 Å². The fourth-order valence-corrected chi connectivity index (χ4v) is 8.27. The van der Waals surface area contributed by atoms with Crippen molar-refractivity contribution in [2.45, 2.75) is 129 Å². The molecular formula is C46H63F2N8O7-. The van der Waals surface area contributed by atoms with Gasteiger partial charge in [0.15, 0.2) is 0 Å². The number of hydrogen-bond donors (Lipinski definition) is 6. The van der Waals surface area contributed by atoms with Gasteiger partial charge in [0.1, 0.15) is 23.8 Å². The molecule has 2 amide bonds. The Balaban J connectivity index is 1.49. The van der Waals surface area contributed by atoms with Crippen molar-refractivity contribution in [1.29, 1.82) is 0 Å². The summed E-state index contributed by atoms with van der Waals surface area (Å²) < 4.78 is 40.9. The number of nitrogens with zero attached hydrogens (tertiary/aromatic N) is 2. The van der Waals surface area contributed by atoms with Gasteiger partial charge in [0, 0.05) is 60.7 Å². The van der Waals surface area contributed by atoms with Crippen LogP contribution in [0.25, 0.3) is 33.2 Å². The Bertz CT molecular complexity index is 2260. The van der Waals surface area contributed by atoms with Crippen molar-refractivity contribution in [2.24, 2.45) is 4.99 Å². The van der Waals surface area contributed by atoms with E-state index in [1.54, 1.807) is 37.9 Å². The first-order valence-corrected chi connectivity index (χ1v) is 21.9. The normalized spacial score (nSPS) is 18.0. The summed E-state index contributed by atoms with van der Waals surface area (Å²) in [5.74, 6) is -2.83. The highest BCUT2D eigenvalue weighted by Crippen LogP contribution is 2.39. The van der Waals surface area contributed by atoms with E-state index >= 15 is 0 Å². The lowest BCUT2D eigenvalue weighted by Crippen LogP contribution is -2.51. The van der Waals surface area contributed by atoms with Crippen molar-refractivity contribution in [1.82, 2.24) is 36.1 Å². The second-order valence-electron chi connectivity index (χ2n) is 16.5. The number of ether oxygens (including phenoxy) is 2. The molecule has 3 heterocycles. The van der Waals surface area contributed by atoms with E-state index in [1.807, 2.05) is 20.9 Å². The van der Waals surface area contributed by atoms with Crippen LogP contribution < -0.4 is 26.4 Å². The van der Waals surface area contributed by atoms with Gasteiger partial charge in [-0.25, -0.2) is 8.78 Å². The van der Waals surface area contributed by atoms with Crippen LogP contribution in [-0.4, -0.2) is 121 Å². The number of hydrogen-bond acceptors (Lipinski definition) is 11. The van der Waals surface area contributed by atoms with Crippen molar-refractivity contribution < 1.29 is 42.5 Å². The quantitative estimate of drug-likeness (QED) is 0.0378. The van der Waals surface area contributed by atoms with Gasteiger partial charge in [0.05, 0.1) is 42.6 Å². The molecule has 6 N–H and O–H groups in total. The van der Waals surface area contributed by atoms with Crippen LogP contribution in [0.5, 0.6) is 0 Å². The highest BCUT2D eigenvalue weighted by atomic mass is 19.1. The third kappa shape index (κ3) is 12.4. The molecule has 0 radical (unpaired) electrons. The number of aryl methyl sites for hydroxylation is 1. The zero-order valence-electron chi connectivity index (χ0n) is 37.6. The number of carbonyl (C=O) groups is 4. The lowest BCUT2D eigenvalue weighted by molar-refractivity contribution is -0.222. The maximum Gasteiger partial charge on any atom is 0.302 e. The Kier molecular flexibility index (Phi) is 17.2. The fraction of sp³-hybridized carbons (Fsp3) is 0.543. The topological polar surface area (TPSA) is 205 Å². The maximum atomic E-state index is 14.8. The molecular weight excluding hydrogens is 815 g/mol. The largest absolute Gasteiger partial charge is 0.861 e. The molecule has 63 heavy (non-hydrogen) atoms. The van der Waals surface area contributed by atoms with Crippen molar-refractivity contribution in [3.8, 4) is 11.4 Å². The van der Waals surface area contributed by atoms with E-state index in [9.17, 15) is 33.1 Å². The van der Waals surface area contributed by atoms with Gasteiger partial charge in [-0.1, -0.05) is 13.8 Å². The number of H-pyrrole nitrogens is 2. The Morgan fingerprint density at radius 1 is 0.905 bits per heavy atom.